The molecule has 0 aliphatic carbocycles. The molecule has 0 bridgehead atoms. The zero-order valence-electron chi connectivity index (χ0n) is 9.83. The van der Waals surface area contributed by atoms with Gasteiger partial charge in [-0.2, -0.15) is 0 Å². The first-order valence-electron chi connectivity index (χ1n) is 5.68. The van der Waals surface area contributed by atoms with E-state index in [1.807, 2.05) is 0 Å². The maximum atomic E-state index is 11.2. The third-order valence-electron chi connectivity index (χ3n) is 2.09. The highest BCUT2D eigenvalue weighted by Crippen LogP contribution is 1.93. The molecule has 0 aromatic heterocycles. The highest BCUT2D eigenvalue weighted by Gasteiger charge is 1.98. The molecule has 0 saturated carbocycles. The normalized spacial score (nSPS) is 11.2. The molecular weight excluding hydrogens is 208 g/mol. The number of carbonyl (C=O) groups excluding carboxylic acids is 1. The Morgan fingerprint density at radius 2 is 1.88 bits per heavy atom. The molecule has 6 heteroatoms. The Hall–Kier alpha value is -1.46. The Morgan fingerprint density at radius 3 is 2.44 bits per heavy atom. The van der Waals surface area contributed by atoms with E-state index in [2.05, 4.69) is 22.7 Å². The highest BCUT2D eigenvalue weighted by atomic mass is 16.4. The van der Waals surface area contributed by atoms with Gasteiger partial charge in [-0.25, -0.2) is 4.79 Å². The van der Waals surface area contributed by atoms with Gasteiger partial charge in [0.25, 0.3) is 0 Å². The summed E-state index contributed by atoms with van der Waals surface area (Å²) in [6.45, 7) is 3.40. The van der Waals surface area contributed by atoms with Gasteiger partial charge in [0.1, 0.15) is 5.84 Å². The summed E-state index contributed by atoms with van der Waals surface area (Å²) < 4.78 is 0. The summed E-state index contributed by atoms with van der Waals surface area (Å²) in [6.07, 6.45) is 4.23. The summed E-state index contributed by atoms with van der Waals surface area (Å²) in [5.41, 5.74) is 5.30. The third kappa shape index (κ3) is 9.11. The number of nitrogens with zero attached hydrogens (tertiary/aromatic N) is 1. The zero-order chi connectivity index (χ0) is 12.2. The molecule has 0 unspecified atom stereocenters. The average Bonchev–Trinajstić information content (AvgIpc) is 2.28. The number of rotatable bonds is 8. The predicted octanol–water partition coefficient (Wildman–Crippen LogP) is 1.00. The van der Waals surface area contributed by atoms with Crippen LogP contribution in [0.5, 0.6) is 0 Å². The minimum Gasteiger partial charge on any atom is -0.409 e. The van der Waals surface area contributed by atoms with Gasteiger partial charge < -0.3 is 21.6 Å². The molecule has 0 radical (unpaired) electrons. The molecule has 0 fully saturated rings. The fourth-order valence-electron chi connectivity index (χ4n) is 1.12. The number of hydrogen-bond acceptors (Lipinski definition) is 3. The number of unbranched alkanes of at least 4 members (excludes halogenated alkanes) is 2. The molecule has 16 heavy (non-hydrogen) atoms. The van der Waals surface area contributed by atoms with Gasteiger partial charge in [-0.15, -0.1) is 0 Å². The molecule has 94 valence electrons. The van der Waals surface area contributed by atoms with E-state index in [0.717, 1.165) is 25.7 Å². The minimum absolute atomic E-state index is 0.128. The van der Waals surface area contributed by atoms with Crippen LogP contribution in [0.25, 0.3) is 0 Å². The first-order valence-corrected chi connectivity index (χ1v) is 5.68. The molecule has 5 N–H and O–H groups in total. The summed E-state index contributed by atoms with van der Waals surface area (Å²) in [7, 11) is 0. The number of hydrogen-bond donors (Lipinski definition) is 4. The van der Waals surface area contributed by atoms with Crippen molar-refractivity contribution < 1.29 is 10.0 Å². The van der Waals surface area contributed by atoms with Crippen molar-refractivity contribution in [2.45, 2.75) is 39.0 Å². The second-order valence-electron chi connectivity index (χ2n) is 3.58. The van der Waals surface area contributed by atoms with E-state index in [9.17, 15) is 4.79 Å². The molecule has 0 aromatic carbocycles. The number of oxime groups is 1. The number of amidine groups is 1. The first kappa shape index (κ1) is 14.5. The van der Waals surface area contributed by atoms with Crippen molar-refractivity contribution in [3.8, 4) is 0 Å². The number of amides is 2. The molecule has 2 amide bonds. The van der Waals surface area contributed by atoms with Crippen LogP contribution in [0.1, 0.15) is 39.0 Å². The molecule has 0 spiro atoms. The van der Waals surface area contributed by atoms with E-state index in [4.69, 9.17) is 10.9 Å². The van der Waals surface area contributed by atoms with E-state index in [1.165, 1.54) is 0 Å². The third-order valence-corrected chi connectivity index (χ3v) is 2.09. The summed E-state index contributed by atoms with van der Waals surface area (Å²) in [5, 5.41) is 16.6. The van der Waals surface area contributed by atoms with Crippen LogP contribution in [0, 0.1) is 0 Å². The van der Waals surface area contributed by atoms with E-state index >= 15 is 0 Å². The molecule has 0 saturated heterocycles. The monoisotopic (exact) mass is 230 g/mol. The van der Waals surface area contributed by atoms with Crippen molar-refractivity contribution in [3.05, 3.63) is 0 Å². The van der Waals surface area contributed by atoms with Crippen LogP contribution in [0.3, 0.4) is 0 Å². The van der Waals surface area contributed by atoms with Crippen LogP contribution in [-0.2, 0) is 0 Å². The van der Waals surface area contributed by atoms with Gasteiger partial charge in [-0.05, 0) is 19.3 Å². The van der Waals surface area contributed by atoms with Crippen molar-refractivity contribution >= 4 is 11.9 Å². The lowest BCUT2D eigenvalue weighted by molar-refractivity contribution is 0.240. The van der Waals surface area contributed by atoms with Gasteiger partial charge in [0.15, 0.2) is 0 Å². The van der Waals surface area contributed by atoms with Crippen molar-refractivity contribution in [1.29, 1.82) is 0 Å². The Morgan fingerprint density at radius 1 is 1.25 bits per heavy atom. The van der Waals surface area contributed by atoms with E-state index < -0.39 is 0 Å². The molecule has 0 atom stereocenters. The van der Waals surface area contributed by atoms with Crippen LogP contribution >= 0.6 is 0 Å². The smallest absolute Gasteiger partial charge is 0.314 e. The lowest BCUT2D eigenvalue weighted by Crippen LogP contribution is -2.36. The first-order chi connectivity index (χ1) is 7.70. The average molecular weight is 230 g/mol. The lowest BCUT2D eigenvalue weighted by Gasteiger charge is -2.06. The quantitative estimate of drug-likeness (QED) is 0.164. The molecule has 6 nitrogen and oxygen atoms in total. The topological polar surface area (TPSA) is 99.7 Å². The second kappa shape index (κ2) is 10.1. The number of nitrogens with two attached hydrogens (primary N) is 1. The van der Waals surface area contributed by atoms with Crippen LogP contribution in [0.2, 0.25) is 0 Å². The maximum Gasteiger partial charge on any atom is 0.314 e. The Kier molecular flexibility index (Phi) is 9.15. The van der Waals surface area contributed by atoms with Crippen molar-refractivity contribution in [1.82, 2.24) is 10.6 Å². The van der Waals surface area contributed by atoms with Crippen LogP contribution in [-0.4, -0.2) is 30.2 Å². The van der Waals surface area contributed by atoms with Crippen LogP contribution in [0.4, 0.5) is 4.79 Å². The summed E-state index contributed by atoms with van der Waals surface area (Å²) in [6, 6.07) is -0.128. The van der Waals surface area contributed by atoms with E-state index in [-0.39, 0.29) is 11.9 Å². The maximum absolute atomic E-state index is 11.2. The van der Waals surface area contributed by atoms with E-state index in [0.29, 0.717) is 19.5 Å². The predicted molar refractivity (Wildman–Crippen MR) is 63.6 cm³/mol. The van der Waals surface area contributed by atoms with Gasteiger partial charge >= 0.3 is 6.03 Å². The van der Waals surface area contributed by atoms with Gasteiger partial charge in [0.05, 0.1) is 0 Å². The fraction of sp³-hybridized carbons (Fsp3) is 0.800. The molecule has 0 aromatic rings. The number of nitrogens with one attached hydrogen (secondary N) is 2. The summed E-state index contributed by atoms with van der Waals surface area (Å²) in [5.74, 6) is 0.229. The fourth-order valence-corrected chi connectivity index (χ4v) is 1.12. The standard InChI is InChI=1S/C10H22N4O2/c1-2-3-7-12-10(15)13-8-5-4-6-9(11)14-16/h16H,2-8H2,1H3,(H2,11,14)(H2,12,13,15). The van der Waals surface area contributed by atoms with Crippen LogP contribution < -0.4 is 16.4 Å². The van der Waals surface area contributed by atoms with Crippen LogP contribution in [0.15, 0.2) is 5.16 Å². The van der Waals surface area contributed by atoms with E-state index in [1.54, 1.807) is 0 Å². The Bertz CT molecular complexity index is 219. The highest BCUT2D eigenvalue weighted by molar-refractivity contribution is 5.79. The second-order valence-corrected chi connectivity index (χ2v) is 3.58. The Balaban J connectivity index is 3.28. The van der Waals surface area contributed by atoms with Crippen molar-refractivity contribution in [3.63, 3.8) is 0 Å². The molecule has 0 heterocycles. The zero-order valence-corrected chi connectivity index (χ0v) is 9.83. The van der Waals surface area contributed by atoms with Crippen molar-refractivity contribution in [2.75, 3.05) is 13.1 Å². The van der Waals surface area contributed by atoms with Crippen molar-refractivity contribution in [2.24, 2.45) is 10.9 Å². The molecule has 0 aliphatic heterocycles. The molecule has 0 rings (SSSR count). The largest absolute Gasteiger partial charge is 0.409 e. The number of carbonyl (C=O) groups is 1. The van der Waals surface area contributed by atoms with Gasteiger partial charge in [0, 0.05) is 19.5 Å². The summed E-state index contributed by atoms with van der Waals surface area (Å²) >= 11 is 0. The molecule has 0 aliphatic rings. The Labute approximate surface area is 96.3 Å². The summed E-state index contributed by atoms with van der Waals surface area (Å²) in [4.78, 5) is 11.2. The minimum atomic E-state index is -0.128. The number of urea groups is 1. The van der Waals surface area contributed by atoms with Gasteiger partial charge in [0.2, 0.25) is 0 Å². The molecular formula is C10H22N4O2. The van der Waals surface area contributed by atoms with Gasteiger partial charge in [-0.1, -0.05) is 18.5 Å². The lowest BCUT2D eigenvalue weighted by atomic mass is 10.2. The van der Waals surface area contributed by atoms with Gasteiger partial charge in [-0.3, -0.25) is 0 Å². The SMILES string of the molecule is CCCCNC(=O)NCCCCC(N)=NO.